The Morgan fingerprint density at radius 1 is 1.14 bits per heavy atom. The quantitative estimate of drug-likeness (QED) is 0.624. The van der Waals surface area contributed by atoms with Gasteiger partial charge in [-0.1, -0.05) is 30.3 Å². The summed E-state index contributed by atoms with van der Waals surface area (Å²) in [5.41, 5.74) is 1.17. The van der Waals surface area contributed by atoms with Crippen LogP contribution in [0.3, 0.4) is 0 Å². The number of halogens is 1. The van der Waals surface area contributed by atoms with Gasteiger partial charge in [-0.05, 0) is 24.6 Å². The minimum Gasteiger partial charge on any atom is -0.489 e. The third kappa shape index (κ3) is 4.31. The van der Waals surface area contributed by atoms with Crippen molar-refractivity contribution >= 4 is 25.5 Å². The molecule has 0 heterocycles. The van der Waals surface area contributed by atoms with Crippen molar-refractivity contribution in [2.45, 2.75) is 18.4 Å². The predicted octanol–water partition coefficient (Wildman–Crippen LogP) is 3.40. The van der Waals surface area contributed by atoms with Crippen LogP contribution < -0.4 is 4.74 Å². The molecule has 0 aliphatic carbocycles. The Labute approximate surface area is 127 Å². The number of hydrogen-bond donors (Lipinski definition) is 0. The Kier molecular flexibility index (Phi) is 4.65. The largest absolute Gasteiger partial charge is 0.489 e. The second-order valence-corrected chi connectivity index (χ2v) is 7.03. The van der Waals surface area contributed by atoms with Crippen LogP contribution in [0.25, 0.3) is 0 Å². The van der Waals surface area contributed by atoms with Gasteiger partial charge in [0.1, 0.15) is 12.4 Å². The number of benzene rings is 2. The van der Waals surface area contributed by atoms with E-state index in [4.69, 9.17) is 15.4 Å². The van der Waals surface area contributed by atoms with Gasteiger partial charge in [-0.3, -0.25) is 4.79 Å². The topological polar surface area (TPSA) is 60.4 Å². The lowest BCUT2D eigenvalue weighted by Crippen LogP contribution is -2.01. The monoisotopic (exact) mass is 324 g/mol. The maximum atomic E-state index is 11.5. The van der Waals surface area contributed by atoms with Gasteiger partial charge in [0.25, 0.3) is 9.05 Å². The van der Waals surface area contributed by atoms with Crippen LogP contribution >= 0.6 is 10.7 Å². The van der Waals surface area contributed by atoms with Gasteiger partial charge in [-0.25, -0.2) is 8.42 Å². The molecule has 0 radical (unpaired) electrons. The highest BCUT2D eigenvalue weighted by molar-refractivity contribution is 8.13. The molecule has 0 aliphatic rings. The number of ketones is 1. The van der Waals surface area contributed by atoms with Gasteiger partial charge in [0, 0.05) is 22.3 Å². The van der Waals surface area contributed by atoms with Crippen LogP contribution in [0.1, 0.15) is 22.8 Å². The van der Waals surface area contributed by atoms with Gasteiger partial charge < -0.3 is 4.74 Å². The second kappa shape index (κ2) is 6.28. The molecular weight excluding hydrogens is 312 g/mol. The molecule has 0 unspecified atom stereocenters. The molecule has 2 aromatic carbocycles. The summed E-state index contributed by atoms with van der Waals surface area (Å²) < 4.78 is 28.4. The van der Waals surface area contributed by atoms with E-state index in [0.717, 1.165) is 5.56 Å². The minimum absolute atomic E-state index is 0.153. The van der Waals surface area contributed by atoms with E-state index in [2.05, 4.69) is 0 Å². The smallest absolute Gasteiger partial charge is 0.261 e. The number of hydrogen-bond acceptors (Lipinski definition) is 4. The van der Waals surface area contributed by atoms with Gasteiger partial charge in [-0.15, -0.1) is 0 Å². The molecule has 2 rings (SSSR count). The van der Waals surface area contributed by atoms with Gasteiger partial charge in [0.2, 0.25) is 0 Å². The normalized spacial score (nSPS) is 11.1. The first-order chi connectivity index (χ1) is 9.86. The van der Waals surface area contributed by atoms with Gasteiger partial charge >= 0.3 is 0 Å². The number of Topliss-reactive ketones (excluding diaryl/α,β-unsaturated/α-hetero) is 1. The van der Waals surface area contributed by atoms with Crippen molar-refractivity contribution in [3.63, 3.8) is 0 Å². The molecule has 0 atom stereocenters. The standard InChI is InChI=1S/C15H13ClO4S/c1-11(17)13-7-14(9-15(8-13)21(16,18)19)20-10-12-5-3-2-4-6-12/h2-9H,10H2,1H3. The highest BCUT2D eigenvalue weighted by Crippen LogP contribution is 2.24. The van der Waals surface area contributed by atoms with Crippen molar-refractivity contribution in [1.29, 1.82) is 0 Å². The van der Waals surface area contributed by atoms with Crippen LogP contribution in [0, 0.1) is 0 Å². The number of carbonyl (C=O) groups excluding carboxylic acids is 1. The molecule has 21 heavy (non-hydrogen) atoms. The molecule has 0 bridgehead atoms. The van der Waals surface area contributed by atoms with E-state index in [1.165, 1.54) is 25.1 Å². The average molecular weight is 325 g/mol. The molecule has 0 saturated heterocycles. The van der Waals surface area contributed by atoms with Crippen LogP contribution in [0.2, 0.25) is 0 Å². The molecule has 0 amide bonds. The molecule has 4 nitrogen and oxygen atoms in total. The van der Waals surface area contributed by atoms with Gasteiger partial charge in [0.15, 0.2) is 5.78 Å². The maximum absolute atomic E-state index is 11.5. The van der Waals surface area contributed by atoms with Gasteiger partial charge in [0.05, 0.1) is 4.90 Å². The summed E-state index contributed by atoms with van der Waals surface area (Å²) in [6.45, 7) is 1.62. The lowest BCUT2D eigenvalue weighted by molar-refractivity contribution is 0.101. The molecular formula is C15H13ClO4S. The fourth-order valence-electron chi connectivity index (χ4n) is 1.74. The van der Waals surface area contributed by atoms with Crippen LogP contribution in [0.4, 0.5) is 0 Å². The first-order valence-corrected chi connectivity index (χ1v) is 8.44. The van der Waals surface area contributed by atoms with E-state index in [1.807, 2.05) is 30.3 Å². The SMILES string of the molecule is CC(=O)c1cc(OCc2ccccc2)cc(S(=O)(=O)Cl)c1. The van der Waals surface area contributed by atoms with Crippen molar-refractivity contribution in [3.05, 3.63) is 59.7 Å². The maximum Gasteiger partial charge on any atom is 0.261 e. The minimum atomic E-state index is -3.92. The summed E-state index contributed by atoms with van der Waals surface area (Å²) in [5, 5.41) is 0. The lowest BCUT2D eigenvalue weighted by Gasteiger charge is -2.09. The summed E-state index contributed by atoms with van der Waals surface area (Å²) in [6, 6.07) is 13.4. The number of ether oxygens (including phenoxy) is 1. The zero-order valence-corrected chi connectivity index (χ0v) is 12.8. The van der Waals surface area contributed by atoms with Crippen molar-refractivity contribution in [1.82, 2.24) is 0 Å². The zero-order valence-electron chi connectivity index (χ0n) is 11.2. The van der Waals surface area contributed by atoms with E-state index in [-0.39, 0.29) is 28.6 Å². The molecule has 0 aliphatic heterocycles. The fraction of sp³-hybridized carbons (Fsp3) is 0.133. The highest BCUT2D eigenvalue weighted by Gasteiger charge is 2.15. The van der Waals surface area contributed by atoms with E-state index in [1.54, 1.807) is 0 Å². The summed E-state index contributed by atoms with van der Waals surface area (Å²) >= 11 is 0. The molecule has 0 spiro atoms. The van der Waals surface area contributed by atoms with Crippen LogP contribution in [-0.2, 0) is 15.7 Å². The summed E-state index contributed by atoms with van der Waals surface area (Å²) in [5.74, 6) is 0.0208. The highest BCUT2D eigenvalue weighted by atomic mass is 35.7. The van der Waals surface area contributed by atoms with Crippen LogP contribution in [0.15, 0.2) is 53.4 Å². The Bertz CT molecular complexity index is 754. The van der Waals surface area contributed by atoms with E-state index in [0.29, 0.717) is 0 Å². The van der Waals surface area contributed by atoms with Crippen molar-refractivity contribution in [2.24, 2.45) is 0 Å². The molecule has 2 aromatic rings. The van der Waals surface area contributed by atoms with E-state index < -0.39 is 9.05 Å². The molecule has 0 N–H and O–H groups in total. The molecule has 0 fully saturated rings. The summed E-state index contributed by atoms with van der Waals surface area (Å²) in [4.78, 5) is 11.3. The van der Waals surface area contributed by atoms with Crippen molar-refractivity contribution in [2.75, 3.05) is 0 Å². The first kappa shape index (κ1) is 15.5. The van der Waals surface area contributed by atoms with Crippen LogP contribution in [-0.4, -0.2) is 14.2 Å². The molecule has 0 saturated carbocycles. The fourth-order valence-corrected chi connectivity index (χ4v) is 2.53. The lowest BCUT2D eigenvalue weighted by atomic mass is 10.1. The zero-order chi connectivity index (χ0) is 15.5. The van der Waals surface area contributed by atoms with Crippen molar-refractivity contribution < 1.29 is 17.9 Å². The Hall–Kier alpha value is -1.85. The Morgan fingerprint density at radius 3 is 2.38 bits per heavy atom. The number of carbonyl (C=O) groups is 1. The molecule has 6 heteroatoms. The summed E-state index contributed by atoms with van der Waals surface area (Å²) in [6.07, 6.45) is 0. The molecule has 0 aromatic heterocycles. The van der Waals surface area contributed by atoms with Crippen LogP contribution in [0.5, 0.6) is 5.75 Å². The predicted molar refractivity (Wildman–Crippen MR) is 80.3 cm³/mol. The summed E-state index contributed by atoms with van der Waals surface area (Å²) in [7, 11) is 1.41. The first-order valence-electron chi connectivity index (χ1n) is 6.13. The Balaban J connectivity index is 2.30. The number of rotatable bonds is 5. The van der Waals surface area contributed by atoms with E-state index in [9.17, 15) is 13.2 Å². The third-order valence-electron chi connectivity index (χ3n) is 2.82. The Morgan fingerprint density at radius 2 is 1.81 bits per heavy atom. The van der Waals surface area contributed by atoms with E-state index >= 15 is 0 Å². The molecule has 110 valence electrons. The van der Waals surface area contributed by atoms with Crippen molar-refractivity contribution in [3.8, 4) is 5.75 Å². The third-order valence-corrected chi connectivity index (χ3v) is 4.15. The second-order valence-electron chi connectivity index (χ2n) is 4.46. The van der Waals surface area contributed by atoms with Gasteiger partial charge in [-0.2, -0.15) is 0 Å². The average Bonchev–Trinajstić information content (AvgIpc) is 2.45.